The van der Waals surface area contributed by atoms with E-state index < -0.39 is 0 Å². The quantitative estimate of drug-likeness (QED) is 0.685. The van der Waals surface area contributed by atoms with Crippen LogP contribution in [-0.2, 0) is 0 Å². The van der Waals surface area contributed by atoms with Crippen molar-refractivity contribution in [3.8, 4) is 0 Å². The summed E-state index contributed by atoms with van der Waals surface area (Å²) in [5.74, 6) is 0. The average molecular weight is 343 g/mol. The first kappa shape index (κ1) is 17.6. The summed E-state index contributed by atoms with van der Waals surface area (Å²) in [6.45, 7) is 8.36. The van der Waals surface area contributed by atoms with Gasteiger partial charge in [0, 0.05) is 23.6 Å². The largest absolute Gasteiger partial charge is 0.395 e. The van der Waals surface area contributed by atoms with Crippen molar-refractivity contribution < 1.29 is 5.11 Å². The first-order valence-electron chi connectivity index (χ1n) is 7.53. The van der Waals surface area contributed by atoms with E-state index in [9.17, 15) is 0 Å². The Hall–Kier alpha value is -0.420. The maximum atomic E-state index is 9.12. The lowest BCUT2D eigenvalue weighted by atomic mass is 10.0. The lowest BCUT2D eigenvalue weighted by Crippen LogP contribution is -2.32. The Labute approximate surface area is 131 Å². The van der Waals surface area contributed by atoms with Crippen molar-refractivity contribution in [2.45, 2.75) is 32.7 Å². The lowest BCUT2D eigenvalue weighted by Gasteiger charge is -2.25. The van der Waals surface area contributed by atoms with Gasteiger partial charge >= 0.3 is 0 Å². The fraction of sp³-hybridized carbons (Fsp3) is 0.625. The van der Waals surface area contributed by atoms with Gasteiger partial charge in [-0.1, -0.05) is 41.9 Å². The summed E-state index contributed by atoms with van der Waals surface area (Å²) in [4.78, 5) is 2.34. The average Bonchev–Trinajstić information content (AvgIpc) is 2.43. The van der Waals surface area contributed by atoms with Gasteiger partial charge in [0.2, 0.25) is 0 Å². The van der Waals surface area contributed by atoms with Gasteiger partial charge in [-0.2, -0.15) is 0 Å². The number of hydrogen-bond donors (Lipinski definition) is 2. The molecule has 0 saturated heterocycles. The van der Waals surface area contributed by atoms with Crippen molar-refractivity contribution in [3.63, 3.8) is 0 Å². The van der Waals surface area contributed by atoms with Gasteiger partial charge in [0.15, 0.2) is 0 Å². The van der Waals surface area contributed by atoms with E-state index >= 15 is 0 Å². The van der Waals surface area contributed by atoms with Gasteiger partial charge in [-0.25, -0.2) is 0 Å². The van der Waals surface area contributed by atoms with Crippen LogP contribution < -0.4 is 5.32 Å². The highest BCUT2D eigenvalue weighted by molar-refractivity contribution is 9.10. The molecule has 0 aromatic heterocycles. The first-order chi connectivity index (χ1) is 9.71. The number of aliphatic hydroxyl groups excluding tert-OH is 1. The second-order valence-corrected chi connectivity index (χ2v) is 5.93. The van der Waals surface area contributed by atoms with Crippen LogP contribution in [0.25, 0.3) is 0 Å². The van der Waals surface area contributed by atoms with Gasteiger partial charge in [0.25, 0.3) is 0 Å². The van der Waals surface area contributed by atoms with Gasteiger partial charge in [-0.15, -0.1) is 0 Å². The molecule has 0 aliphatic carbocycles. The van der Waals surface area contributed by atoms with Crippen LogP contribution in [0.1, 0.15) is 38.3 Å². The van der Waals surface area contributed by atoms with Crippen molar-refractivity contribution >= 4 is 15.9 Å². The Kier molecular flexibility index (Phi) is 9.10. The third-order valence-electron chi connectivity index (χ3n) is 3.39. The molecule has 4 heteroatoms. The van der Waals surface area contributed by atoms with E-state index in [1.54, 1.807) is 0 Å². The standard InChI is InChI=1S/C16H27BrN2O/c1-3-9-19(11-12-20)10-8-16(18-4-2)14-6-5-7-15(17)13-14/h5-7,13,16,18,20H,3-4,8-12H2,1-2H3. The first-order valence-corrected chi connectivity index (χ1v) is 8.32. The fourth-order valence-electron chi connectivity index (χ4n) is 2.46. The molecule has 0 bridgehead atoms. The number of nitrogens with zero attached hydrogens (tertiary/aromatic N) is 1. The second kappa shape index (κ2) is 10.3. The maximum absolute atomic E-state index is 9.12. The topological polar surface area (TPSA) is 35.5 Å². The van der Waals surface area contributed by atoms with Crippen LogP contribution in [0.3, 0.4) is 0 Å². The number of benzene rings is 1. The Balaban J connectivity index is 2.62. The molecule has 1 aromatic rings. The van der Waals surface area contributed by atoms with E-state index in [2.05, 4.69) is 64.3 Å². The zero-order valence-electron chi connectivity index (χ0n) is 12.6. The van der Waals surface area contributed by atoms with Crippen molar-refractivity contribution in [3.05, 3.63) is 34.3 Å². The fourth-order valence-corrected chi connectivity index (χ4v) is 2.88. The van der Waals surface area contributed by atoms with Crippen LogP contribution in [0.5, 0.6) is 0 Å². The van der Waals surface area contributed by atoms with Gasteiger partial charge in [0.05, 0.1) is 6.61 Å². The molecule has 2 N–H and O–H groups in total. The van der Waals surface area contributed by atoms with Crippen molar-refractivity contribution in [2.75, 3.05) is 32.8 Å². The molecule has 0 heterocycles. The summed E-state index contributed by atoms with van der Waals surface area (Å²) in [7, 11) is 0. The number of nitrogens with one attached hydrogen (secondary N) is 1. The molecule has 1 unspecified atom stereocenters. The minimum atomic E-state index is 0.239. The minimum Gasteiger partial charge on any atom is -0.395 e. The SMILES string of the molecule is CCCN(CCO)CCC(NCC)c1cccc(Br)c1. The third kappa shape index (κ3) is 6.35. The van der Waals surface area contributed by atoms with Crippen LogP contribution in [-0.4, -0.2) is 42.8 Å². The predicted molar refractivity (Wildman–Crippen MR) is 89.0 cm³/mol. The van der Waals surface area contributed by atoms with E-state index in [4.69, 9.17) is 5.11 Å². The molecule has 0 aliphatic heterocycles. The van der Waals surface area contributed by atoms with E-state index in [1.807, 2.05) is 0 Å². The molecule has 0 saturated carbocycles. The summed E-state index contributed by atoms with van der Waals surface area (Å²) < 4.78 is 1.12. The van der Waals surface area contributed by atoms with E-state index in [-0.39, 0.29) is 6.61 Å². The van der Waals surface area contributed by atoms with Gasteiger partial charge in [-0.05, 0) is 43.6 Å². The van der Waals surface area contributed by atoms with E-state index in [1.165, 1.54) is 5.56 Å². The minimum absolute atomic E-state index is 0.239. The predicted octanol–water partition coefficient (Wildman–Crippen LogP) is 3.19. The molecule has 1 rings (SSSR count). The monoisotopic (exact) mass is 342 g/mol. The van der Waals surface area contributed by atoms with Gasteiger partial charge in [0.1, 0.15) is 0 Å². The zero-order chi connectivity index (χ0) is 14.8. The lowest BCUT2D eigenvalue weighted by molar-refractivity contribution is 0.189. The molecule has 0 aliphatic rings. The molecular formula is C16H27BrN2O. The molecule has 0 radical (unpaired) electrons. The highest BCUT2D eigenvalue weighted by Gasteiger charge is 2.12. The molecule has 0 amide bonds. The van der Waals surface area contributed by atoms with Crippen LogP contribution in [0, 0.1) is 0 Å². The van der Waals surface area contributed by atoms with Crippen LogP contribution >= 0.6 is 15.9 Å². The molecule has 3 nitrogen and oxygen atoms in total. The third-order valence-corrected chi connectivity index (χ3v) is 3.88. The van der Waals surface area contributed by atoms with E-state index in [0.717, 1.165) is 43.5 Å². The summed E-state index contributed by atoms with van der Waals surface area (Å²) >= 11 is 3.54. The van der Waals surface area contributed by atoms with E-state index in [0.29, 0.717) is 6.04 Å². The zero-order valence-corrected chi connectivity index (χ0v) is 14.2. The summed E-state index contributed by atoms with van der Waals surface area (Å²) in [5.41, 5.74) is 1.32. The van der Waals surface area contributed by atoms with Gasteiger partial charge in [-0.3, -0.25) is 0 Å². The number of aliphatic hydroxyl groups is 1. The Bertz CT molecular complexity index is 367. The highest BCUT2D eigenvalue weighted by atomic mass is 79.9. The highest BCUT2D eigenvalue weighted by Crippen LogP contribution is 2.21. The summed E-state index contributed by atoms with van der Waals surface area (Å²) in [6.07, 6.45) is 2.19. The van der Waals surface area contributed by atoms with Crippen molar-refractivity contribution in [1.29, 1.82) is 0 Å². The summed E-state index contributed by atoms with van der Waals surface area (Å²) in [6, 6.07) is 8.87. The van der Waals surface area contributed by atoms with Crippen LogP contribution in [0.4, 0.5) is 0 Å². The van der Waals surface area contributed by atoms with Crippen molar-refractivity contribution in [1.82, 2.24) is 10.2 Å². The molecule has 114 valence electrons. The normalized spacial score (nSPS) is 12.8. The molecule has 1 aromatic carbocycles. The molecule has 20 heavy (non-hydrogen) atoms. The van der Waals surface area contributed by atoms with Crippen LogP contribution in [0.15, 0.2) is 28.7 Å². The number of halogens is 1. The van der Waals surface area contributed by atoms with Gasteiger partial charge < -0.3 is 15.3 Å². The Morgan fingerprint density at radius 3 is 2.65 bits per heavy atom. The number of hydrogen-bond acceptors (Lipinski definition) is 3. The number of rotatable bonds is 10. The maximum Gasteiger partial charge on any atom is 0.0558 e. The molecule has 0 fully saturated rings. The molecule has 1 atom stereocenters. The smallest absolute Gasteiger partial charge is 0.0558 e. The van der Waals surface area contributed by atoms with Crippen molar-refractivity contribution in [2.24, 2.45) is 0 Å². The Morgan fingerprint density at radius 1 is 1.25 bits per heavy atom. The summed E-state index contributed by atoms with van der Waals surface area (Å²) in [5, 5.41) is 12.7. The molecular weight excluding hydrogens is 316 g/mol. The van der Waals surface area contributed by atoms with Crippen LogP contribution in [0.2, 0.25) is 0 Å². The Morgan fingerprint density at radius 2 is 2.05 bits per heavy atom. The molecule has 0 spiro atoms. The second-order valence-electron chi connectivity index (χ2n) is 5.02.